The van der Waals surface area contributed by atoms with Gasteiger partial charge in [0.05, 0.1) is 26.4 Å². The molecule has 0 amide bonds. The van der Waals surface area contributed by atoms with Crippen molar-refractivity contribution in [2.24, 2.45) is 0 Å². The molecule has 2 aliphatic rings. The first-order chi connectivity index (χ1) is 22.6. The average molecular weight is 619 g/mol. The first-order valence-electron chi connectivity index (χ1n) is 17.1. The molecule has 6 rings (SSSR count). The number of rotatable bonds is 12. The van der Waals surface area contributed by atoms with Crippen molar-refractivity contribution in [1.82, 2.24) is 0 Å². The SMILES string of the molecule is CCCOc1c2cccc1Cc1ccc3c(c1OCCC)Cc1c(ccc(c1OCCC)Cc1cccc(c1OCCC)C2)C3=O. The summed E-state index contributed by atoms with van der Waals surface area (Å²) < 4.78 is 26.2. The molecule has 0 aliphatic heterocycles. The van der Waals surface area contributed by atoms with Crippen molar-refractivity contribution >= 4 is 5.78 Å². The lowest BCUT2D eigenvalue weighted by molar-refractivity contribution is 0.103. The summed E-state index contributed by atoms with van der Waals surface area (Å²) in [4.78, 5) is 14.1. The summed E-state index contributed by atoms with van der Waals surface area (Å²) in [6.07, 6.45) is 6.14. The smallest absolute Gasteiger partial charge is 0.193 e. The van der Waals surface area contributed by atoms with Gasteiger partial charge in [-0.25, -0.2) is 0 Å². The predicted molar refractivity (Wildman–Crippen MR) is 184 cm³/mol. The minimum atomic E-state index is 0.0288. The highest BCUT2D eigenvalue weighted by Crippen LogP contribution is 2.43. The summed E-state index contributed by atoms with van der Waals surface area (Å²) in [6.45, 7) is 10.9. The quantitative estimate of drug-likeness (QED) is 0.137. The van der Waals surface area contributed by atoms with Gasteiger partial charge in [0, 0.05) is 47.9 Å². The molecule has 0 atom stereocenters. The van der Waals surface area contributed by atoms with Crippen LogP contribution >= 0.6 is 0 Å². The molecule has 0 aromatic heterocycles. The molecule has 0 radical (unpaired) electrons. The molecular formula is C41H46O5. The van der Waals surface area contributed by atoms with E-state index in [4.69, 9.17) is 18.9 Å². The summed E-state index contributed by atoms with van der Waals surface area (Å²) >= 11 is 0. The standard InChI is InChI=1S/C41H46O5/c1-5-19-43-38-27-11-9-13-29(38)24-31-15-17-33-35(40(31)45-21-7-3)26-36-34(37(33)42)18-16-32(41(36)46-22-8-4)25-30-14-10-12-28(23-27)39(30)44-20-6-2/h9-18H,5-8,19-26H2,1-4H3. The van der Waals surface area contributed by atoms with Crippen molar-refractivity contribution in [3.8, 4) is 23.0 Å². The maximum Gasteiger partial charge on any atom is 0.193 e. The Morgan fingerprint density at radius 1 is 0.435 bits per heavy atom. The van der Waals surface area contributed by atoms with Crippen LogP contribution in [0.4, 0.5) is 0 Å². The van der Waals surface area contributed by atoms with Crippen LogP contribution in [-0.2, 0) is 25.7 Å². The molecule has 0 spiro atoms. The number of ether oxygens (including phenoxy) is 4. The fourth-order valence-electron chi connectivity index (χ4n) is 6.72. The molecule has 46 heavy (non-hydrogen) atoms. The van der Waals surface area contributed by atoms with Crippen LogP contribution in [0, 0.1) is 0 Å². The van der Waals surface area contributed by atoms with Gasteiger partial charge in [-0.05, 0) is 59.1 Å². The average Bonchev–Trinajstić information content (AvgIpc) is 3.06. The van der Waals surface area contributed by atoms with E-state index in [1.165, 1.54) is 0 Å². The van der Waals surface area contributed by atoms with E-state index in [-0.39, 0.29) is 5.78 Å². The highest BCUT2D eigenvalue weighted by atomic mass is 16.5. The van der Waals surface area contributed by atoms with E-state index in [1.807, 2.05) is 12.1 Å². The van der Waals surface area contributed by atoms with Crippen molar-refractivity contribution in [3.63, 3.8) is 0 Å². The van der Waals surface area contributed by atoms with Crippen LogP contribution in [0.2, 0.25) is 0 Å². The number of ketones is 1. The van der Waals surface area contributed by atoms with Crippen molar-refractivity contribution < 1.29 is 23.7 Å². The number of benzene rings is 4. The fraction of sp³-hybridized carbons (Fsp3) is 0.390. The minimum Gasteiger partial charge on any atom is -0.493 e. The van der Waals surface area contributed by atoms with Crippen LogP contribution in [-0.4, -0.2) is 32.2 Å². The zero-order valence-electron chi connectivity index (χ0n) is 27.8. The zero-order chi connectivity index (χ0) is 32.0. The molecular weight excluding hydrogens is 572 g/mol. The van der Waals surface area contributed by atoms with Crippen LogP contribution in [0.1, 0.15) is 114 Å². The second kappa shape index (κ2) is 14.5. The van der Waals surface area contributed by atoms with E-state index < -0.39 is 0 Å². The summed E-state index contributed by atoms with van der Waals surface area (Å²) in [7, 11) is 0. The Balaban J connectivity index is 1.62. The van der Waals surface area contributed by atoms with Gasteiger partial charge >= 0.3 is 0 Å². The van der Waals surface area contributed by atoms with E-state index in [0.29, 0.717) is 52.1 Å². The molecule has 4 aromatic rings. The Bertz CT molecular complexity index is 1600. The maximum absolute atomic E-state index is 14.1. The Morgan fingerprint density at radius 3 is 1.11 bits per heavy atom. The largest absolute Gasteiger partial charge is 0.493 e. The molecule has 0 N–H and O–H groups in total. The van der Waals surface area contributed by atoms with Crippen molar-refractivity contribution in [2.75, 3.05) is 26.4 Å². The fourth-order valence-corrected chi connectivity index (χ4v) is 6.72. The van der Waals surface area contributed by atoms with Gasteiger partial charge in [-0.3, -0.25) is 4.79 Å². The van der Waals surface area contributed by atoms with E-state index in [0.717, 1.165) is 104 Å². The molecule has 5 heteroatoms. The van der Waals surface area contributed by atoms with E-state index in [1.54, 1.807) is 0 Å². The first-order valence-corrected chi connectivity index (χ1v) is 17.1. The monoisotopic (exact) mass is 618 g/mol. The van der Waals surface area contributed by atoms with Crippen molar-refractivity contribution in [2.45, 2.75) is 79.1 Å². The molecule has 0 saturated heterocycles. The Kier molecular flexibility index (Phi) is 9.97. The lowest BCUT2D eigenvalue weighted by Gasteiger charge is -2.27. The van der Waals surface area contributed by atoms with Gasteiger partial charge in [0.1, 0.15) is 23.0 Å². The predicted octanol–water partition coefficient (Wildman–Crippen LogP) is 9.06. The summed E-state index contributed by atoms with van der Waals surface area (Å²) in [6, 6.07) is 21.1. The molecule has 0 unspecified atom stereocenters. The molecule has 0 saturated carbocycles. The van der Waals surface area contributed by atoms with Crippen LogP contribution in [0.5, 0.6) is 23.0 Å². The van der Waals surface area contributed by atoms with Crippen LogP contribution in [0.15, 0.2) is 60.7 Å². The Morgan fingerprint density at radius 2 is 0.761 bits per heavy atom. The molecule has 2 aliphatic carbocycles. The van der Waals surface area contributed by atoms with Gasteiger partial charge in [-0.1, -0.05) is 88.4 Å². The lowest BCUT2D eigenvalue weighted by atomic mass is 9.81. The molecule has 0 heterocycles. The number of para-hydroxylation sites is 2. The van der Waals surface area contributed by atoms with Gasteiger partial charge in [0.15, 0.2) is 5.78 Å². The third-order valence-electron chi connectivity index (χ3n) is 8.83. The van der Waals surface area contributed by atoms with Crippen LogP contribution < -0.4 is 18.9 Å². The third kappa shape index (κ3) is 6.25. The van der Waals surface area contributed by atoms with Gasteiger partial charge in [-0.2, -0.15) is 0 Å². The first kappa shape index (κ1) is 31.7. The van der Waals surface area contributed by atoms with Crippen LogP contribution in [0.3, 0.4) is 0 Å². The van der Waals surface area contributed by atoms with Crippen LogP contribution in [0.25, 0.3) is 0 Å². The Hall–Kier alpha value is -4.25. The van der Waals surface area contributed by atoms with Gasteiger partial charge < -0.3 is 18.9 Å². The van der Waals surface area contributed by atoms with E-state index >= 15 is 0 Å². The number of carbonyl (C=O) groups is 1. The second-order valence-corrected chi connectivity index (χ2v) is 12.4. The minimum absolute atomic E-state index is 0.0288. The van der Waals surface area contributed by atoms with E-state index in [2.05, 4.69) is 76.2 Å². The third-order valence-corrected chi connectivity index (χ3v) is 8.83. The maximum atomic E-state index is 14.1. The normalized spacial score (nSPS) is 13.2. The van der Waals surface area contributed by atoms with Gasteiger partial charge in [0.2, 0.25) is 0 Å². The number of fused-ring (bicyclic) bond motifs is 6. The summed E-state index contributed by atoms with van der Waals surface area (Å²) in [5.41, 5.74) is 9.98. The highest BCUT2D eigenvalue weighted by molar-refractivity contribution is 6.13. The van der Waals surface area contributed by atoms with Crippen molar-refractivity contribution in [3.05, 3.63) is 116 Å². The molecule has 8 bridgehead atoms. The Labute approximate surface area is 273 Å². The van der Waals surface area contributed by atoms with Gasteiger partial charge in [0.25, 0.3) is 0 Å². The number of hydrogen-bond acceptors (Lipinski definition) is 5. The van der Waals surface area contributed by atoms with Gasteiger partial charge in [-0.15, -0.1) is 0 Å². The van der Waals surface area contributed by atoms with E-state index in [9.17, 15) is 4.79 Å². The second-order valence-electron chi connectivity index (χ2n) is 12.4. The highest BCUT2D eigenvalue weighted by Gasteiger charge is 2.31. The zero-order valence-corrected chi connectivity index (χ0v) is 27.8. The molecule has 240 valence electrons. The summed E-state index contributed by atoms with van der Waals surface area (Å²) in [5.74, 6) is 3.54. The number of hydrogen-bond donors (Lipinski definition) is 0. The number of carbonyl (C=O) groups excluding carboxylic acids is 1. The van der Waals surface area contributed by atoms with Crippen molar-refractivity contribution in [1.29, 1.82) is 0 Å². The lowest BCUT2D eigenvalue weighted by Crippen LogP contribution is -2.20. The molecule has 4 aromatic carbocycles. The summed E-state index contributed by atoms with van der Waals surface area (Å²) in [5, 5.41) is 0. The molecule has 0 fully saturated rings. The topological polar surface area (TPSA) is 54.0 Å². The molecule has 5 nitrogen and oxygen atoms in total.